The number of pyridine rings is 1. The van der Waals surface area contributed by atoms with Crippen LogP contribution in [0.2, 0.25) is 0 Å². The smallest absolute Gasteiger partial charge is 0.257 e. The monoisotopic (exact) mass is 340 g/mol. The predicted molar refractivity (Wildman–Crippen MR) is 97.8 cm³/mol. The summed E-state index contributed by atoms with van der Waals surface area (Å²) in [7, 11) is 0. The van der Waals surface area contributed by atoms with Gasteiger partial charge in [0.05, 0.1) is 5.56 Å². The van der Waals surface area contributed by atoms with E-state index in [1.54, 1.807) is 18.6 Å². The van der Waals surface area contributed by atoms with E-state index < -0.39 is 0 Å². The SMILES string of the molecule is CCC(C)Nc1ncc(C(=O)N2CCN(c3ccccn3)CC2)cn1. The van der Waals surface area contributed by atoms with Gasteiger partial charge in [0.15, 0.2) is 0 Å². The number of nitrogens with zero attached hydrogens (tertiary/aromatic N) is 5. The van der Waals surface area contributed by atoms with Gasteiger partial charge < -0.3 is 15.1 Å². The number of carbonyl (C=O) groups excluding carboxylic acids is 1. The average molecular weight is 340 g/mol. The van der Waals surface area contributed by atoms with E-state index >= 15 is 0 Å². The molecule has 1 unspecified atom stereocenters. The summed E-state index contributed by atoms with van der Waals surface area (Å²) in [6, 6.07) is 6.19. The highest BCUT2D eigenvalue weighted by atomic mass is 16.2. The average Bonchev–Trinajstić information content (AvgIpc) is 2.69. The predicted octanol–water partition coefficient (Wildman–Crippen LogP) is 2.04. The molecule has 3 heterocycles. The molecule has 1 fully saturated rings. The van der Waals surface area contributed by atoms with E-state index in [1.165, 1.54) is 0 Å². The van der Waals surface area contributed by atoms with Crippen molar-refractivity contribution in [2.75, 3.05) is 36.4 Å². The third-order valence-electron chi connectivity index (χ3n) is 4.43. The lowest BCUT2D eigenvalue weighted by molar-refractivity contribution is 0.0745. The number of hydrogen-bond acceptors (Lipinski definition) is 6. The topological polar surface area (TPSA) is 74.2 Å². The van der Waals surface area contributed by atoms with Crippen molar-refractivity contribution in [2.45, 2.75) is 26.3 Å². The lowest BCUT2D eigenvalue weighted by atomic mass is 10.2. The maximum atomic E-state index is 12.6. The molecule has 3 rings (SSSR count). The minimum Gasteiger partial charge on any atom is -0.353 e. The van der Waals surface area contributed by atoms with Crippen LogP contribution in [0.25, 0.3) is 0 Å². The zero-order chi connectivity index (χ0) is 17.6. The minimum absolute atomic E-state index is 0.0178. The summed E-state index contributed by atoms with van der Waals surface area (Å²) in [6.07, 6.45) is 5.99. The van der Waals surface area contributed by atoms with Crippen molar-refractivity contribution in [1.29, 1.82) is 0 Å². The van der Waals surface area contributed by atoms with Crippen LogP contribution in [0.4, 0.5) is 11.8 Å². The summed E-state index contributed by atoms with van der Waals surface area (Å²) in [5, 5.41) is 3.20. The number of carbonyl (C=O) groups is 1. The lowest BCUT2D eigenvalue weighted by Crippen LogP contribution is -2.49. The van der Waals surface area contributed by atoms with Gasteiger partial charge in [-0.05, 0) is 25.5 Å². The highest BCUT2D eigenvalue weighted by Gasteiger charge is 2.23. The molecule has 7 heteroatoms. The van der Waals surface area contributed by atoms with Crippen LogP contribution in [-0.4, -0.2) is 58.0 Å². The molecule has 1 saturated heterocycles. The fourth-order valence-electron chi connectivity index (χ4n) is 2.70. The molecule has 0 aromatic carbocycles. The van der Waals surface area contributed by atoms with E-state index in [-0.39, 0.29) is 5.91 Å². The second-order valence-electron chi connectivity index (χ2n) is 6.22. The largest absolute Gasteiger partial charge is 0.353 e. The van der Waals surface area contributed by atoms with Gasteiger partial charge in [-0.15, -0.1) is 0 Å². The number of rotatable bonds is 5. The third-order valence-corrected chi connectivity index (χ3v) is 4.43. The Balaban J connectivity index is 1.57. The normalized spacial score (nSPS) is 15.8. The quantitative estimate of drug-likeness (QED) is 0.898. The number of hydrogen-bond donors (Lipinski definition) is 1. The van der Waals surface area contributed by atoms with Crippen LogP contribution in [0.1, 0.15) is 30.6 Å². The van der Waals surface area contributed by atoms with E-state index in [0.717, 1.165) is 25.3 Å². The first-order chi connectivity index (χ1) is 12.2. The Morgan fingerprint density at radius 3 is 2.48 bits per heavy atom. The van der Waals surface area contributed by atoms with Crippen LogP contribution in [-0.2, 0) is 0 Å². The molecule has 25 heavy (non-hydrogen) atoms. The Hall–Kier alpha value is -2.70. The molecule has 0 bridgehead atoms. The second kappa shape index (κ2) is 7.92. The fraction of sp³-hybridized carbons (Fsp3) is 0.444. The summed E-state index contributed by atoms with van der Waals surface area (Å²) in [6.45, 7) is 7.06. The Kier molecular flexibility index (Phi) is 5.42. The second-order valence-corrected chi connectivity index (χ2v) is 6.22. The molecule has 2 aromatic heterocycles. The van der Waals surface area contributed by atoms with Crippen LogP contribution in [0.5, 0.6) is 0 Å². The molecule has 0 radical (unpaired) electrons. The summed E-state index contributed by atoms with van der Waals surface area (Å²) < 4.78 is 0. The summed E-state index contributed by atoms with van der Waals surface area (Å²) in [5.74, 6) is 1.50. The van der Waals surface area contributed by atoms with Crippen molar-refractivity contribution in [3.05, 3.63) is 42.4 Å². The molecule has 2 aromatic rings. The van der Waals surface area contributed by atoms with Gasteiger partial charge in [0.25, 0.3) is 5.91 Å². The Labute approximate surface area is 148 Å². The number of amides is 1. The first kappa shape index (κ1) is 17.1. The Bertz CT molecular complexity index is 682. The number of anilines is 2. The van der Waals surface area contributed by atoms with Crippen molar-refractivity contribution < 1.29 is 4.79 Å². The molecule has 1 amide bonds. The molecule has 0 aliphatic carbocycles. The van der Waals surface area contributed by atoms with E-state index in [9.17, 15) is 4.79 Å². The van der Waals surface area contributed by atoms with Crippen LogP contribution in [0.15, 0.2) is 36.8 Å². The molecule has 0 saturated carbocycles. The molecular weight excluding hydrogens is 316 g/mol. The molecule has 132 valence electrons. The summed E-state index contributed by atoms with van der Waals surface area (Å²) in [4.78, 5) is 29.5. The standard InChI is InChI=1S/C18H24N6O/c1-3-14(2)22-18-20-12-15(13-21-18)17(25)24-10-8-23(9-11-24)16-6-4-5-7-19-16/h4-7,12-14H,3,8-11H2,1-2H3,(H,20,21,22). The highest BCUT2D eigenvalue weighted by molar-refractivity contribution is 5.93. The van der Waals surface area contributed by atoms with Crippen LogP contribution in [0, 0.1) is 0 Å². The van der Waals surface area contributed by atoms with Crippen LogP contribution in [0.3, 0.4) is 0 Å². The van der Waals surface area contributed by atoms with E-state index in [2.05, 4.69) is 39.0 Å². The van der Waals surface area contributed by atoms with Gasteiger partial charge in [-0.1, -0.05) is 13.0 Å². The van der Waals surface area contributed by atoms with E-state index in [4.69, 9.17) is 0 Å². The van der Waals surface area contributed by atoms with Gasteiger partial charge >= 0.3 is 0 Å². The van der Waals surface area contributed by atoms with Crippen LogP contribution >= 0.6 is 0 Å². The molecule has 0 spiro atoms. The van der Waals surface area contributed by atoms with Crippen molar-refractivity contribution in [2.24, 2.45) is 0 Å². The number of nitrogens with one attached hydrogen (secondary N) is 1. The molecule has 7 nitrogen and oxygen atoms in total. The minimum atomic E-state index is -0.0178. The molecular formula is C18H24N6O. The number of piperazine rings is 1. The van der Waals surface area contributed by atoms with Crippen molar-refractivity contribution in [1.82, 2.24) is 19.9 Å². The molecule has 1 N–H and O–H groups in total. The molecule has 1 aliphatic heterocycles. The fourth-order valence-corrected chi connectivity index (χ4v) is 2.70. The third kappa shape index (κ3) is 4.23. The molecule has 1 atom stereocenters. The zero-order valence-electron chi connectivity index (χ0n) is 14.7. The van der Waals surface area contributed by atoms with Gasteiger partial charge in [0.1, 0.15) is 5.82 Å². The van der Waals surface area contributed by atoms with Gasteiger partial charge in [0.2, 0.25) is 5.95 Å². The molecule has 1 aliphatic rings. The Morgan fingerprint density at radius 1 is 1.16 bits per heavy atom. The number of aromatic nitrogens is 3. The maximum Gasteiger partial charge on any atom is 0.257 e. The van der Waals surface area contributed by atoms with Crippen molar-refractivity contribution >= 4 is 17.7 Å². The Morgan fingerprint density at radius 2 is 1.88 bits per heavy atom. The highest BCUT2D eigenvalue weighted by Crippen LogP contribution is 2.14. The van der Waals surface area contributed by atoms with E-state index in [1.807, 2.05) is 23.1 Å². The first-order valence-electron chi connectivity index (χ1n) is 8.71. The zero-order valence-corrected chi connectivity index (χ0v) is 14.7. The van der Waals surface area contributed by atoms with Crippen LogP contribution < -0.4 is 10.2 Å². The summed E-state index contributed by atoms with van der Waals surface area (Å²) in [5.41, 5.74) is 0.529. The van der Waals surface area contributed by atoms with Crippen molar-refractivity contribution in [3.8, 4) is 0 Å². The van der Waals surface area contributed by atoms with Gasteiger partial charge in [0, 0.05) is 50.8 Å². The van der Waals surface area contributed by atoms with E-state index in [0.29, 0.717) is 30.6 Å². The van der Waals surface area contributed by atoms with Gasteiger partial charge in [-0.3, -0.25) is 4.79 Å². The lowest BCUT2D eigenvalue weighted by Gasteiger charge is -2.35. The maximum absolute atomic E-state index is 12.6. The van der Waals surface area contributed by atoms with Gasteiger partial charge in [-0.25, -0.2) is 15.0 Å². The van der Waals surface area contributed by atoms with Crippen molar-refractivity contribution in [3.63, 3.8) is 0 Å². The first-order valence-corrected chi connectivity index (χ1v) is 8.71. The van der Waals surface area contributed by atoms with Gasteiger partial charge in [-0.2, -0.15) is 0 Å². The summed E-state index contributed by atoms with van der Waals surface area (Å²) >= 11 is 0.